The van der Waals surface area contributed by atoms with Gasteiger partial charge in [0.15, 0.2) is 15.7 Å². The molecular formula is C26H32B2FN3O9. The van der Waals surface area contributed by atoms with E-state index in [1.165, 1.54) is 58.0 Å². The van der Waals surface area contributed by atoms with Crippen LogP contribution in [0.1, 0.15) is 39.9 Å². The first-order chi connectivity index (χ1) is 19.3. The number of ether oxygens (including phenoxy) is 2. The summed E-state index contributed by atoms with van der Waals surface area (Å²) in [5.41, 5.74) is -0.575. The van der Waals surface area contributed by atoms with Crippen molar-refractivity contribution in [3.05, 3.63) is 64.5 Å². The largest absolute Gasteiger partial charge is 0.500 e. The Kier molecular flexibility index (Phi) is 8.60. The first-order valence-corrected chi connectivity index (χ1v) is 13.1. The third kappa shape index (κ3) is 5.61. The highest BCUT2D eigenvalue weighted by atomic mass is 19.1. The van der Waals surface area contributed by atoms with Crippen LogP contribution >= 0.6 is 0 Å². The van der Waals surface area contributed by atoms with Crippen molar-refractivity contribution in [1.82, 2.24) is 15.1 Å². The number of benzene rings is 2. The molecule has 1 atom stereocenters. The van der Waals surface area contributed by atoms with Crippen LogP contribution in [0.5, 0.6) is 5.75 Å². The minimum Gasteiger partial charge on any atom is -0.500 e. The Hall–Kier alpha value is -3.33. The SMILES string of the molecule is BC(B)(Oc1cccc2c1C(O)(O)N(C(CCC=O)C(=O)NC)C2=O)c1ccc(C(O)(O)N2CCOCC2)cc1F. The van der Waals surface area contributed by atoms with Gasteiger partial charge in [-0.1, -0.05) is 18.2 Å². The Morgan fingerprint density at radius 1 is 1.24 bits per heavy atom. The molecule has 1 unspecified atom stereocenters. The van der Waals surface area contributed by atoms with Crippen molar-refractivity contribution >= 4 is 33.8 Å². The van der Waals surface area contributed by atoms with E-state index in [4.69, 9.17) is 9.47 Å². The summed E-state index contributed by atoms with van der Waals surface area (Å²) in [6.07, 6.45) is 0.274. The second kappa shape index (κ2) is 11.5. The van der Waals surface area contributed by atoms with E-state index in [0.29, 0.717) is 24.4 Å². The van der Waals surface area contributed by atoms with E-state index in [1.54, 1.807) is 0 Å². The predicted molar refractivity (Wildman–Crippen MR) is 146 cm³/mol. The molecule has 15 heteroatoms. The molecule has 1 fully saturated rings. The van der Waals surface area contributed by atoms with E-state index in [9.17, 15) is 34.8 Å². The van der Waals surface area contributed by atoms with Crippen LogP contribution in [0.15, 0.2) is 36.4 Å². The van der Waals surface area contributed by atoms with Crippen LogP contribution in [0.3, 0.4) is 0 Å². The maximum Gasteiger partial charge on any atom is 0.282 e. The van der Waals surface area contributed by atoms with Crippen molar-refractivity contribution in [2.24, 2.45) is 0 Å². The molecule has 12 nitrogen and oxygen atoms in total. The zero-order valence-corrected chi connectivity index (χ0v) is 23.0. The number of hydrogen-bond donors (Lipinski definition) is 5. The Morgan fingerprint density at radius 2 is 1.93 bits per heavy atom. The van der Waals surface area contributed by atoms with Crippen molar-refractivity contribution in [2.45, 2.75) is 36.1 Å². The minimum absolute atomic E-state index is 0.00788. The van der Waals surface area contributed by atoms with Crippen LogP contribution in [0.4, 0.5) is 4.39 Å². The molecule has 5 N–H and O–H groups in total. The van der Waals surface area contributed by atoms with Gasteiger partial charge in [0, 0.05) is 37.7 Å². The summed E-state index contributed by atoms with van der Waals surface area (Å²) in [5, 5.41) is 44.8. The van der Waals surface area contributed by atoms with E-state index in [1.807, 2.05) is 0 Å². The summed E-state index contributed by atoms with van der Waals surface area (Å²) in [7, 11) is 4.34. The van der Waals surface area contributed by atoms with E-state index < -0.39 is 40.9 Å². The summed E-state index contributed by atoms with van der Waals surface area (Å²) < 4.78 is 26.8. The lowest BCUT2D eigenvalue weighted by Crippen LogP contribution is -2.55. The number of morpholine rings is 1. The highest BCUT2D eigenvalue weighted by Gasteiger charge is 2.54. The number of carbonyl (C=O) groups is 3. The quantitative estimate of drug-likeness (QED) is 0.115. The van der Waals surface area contributed by atoms with Gasteiger partial charge in [0.2, 0.25) is 5.91 Å². The van der Waals surface area contributed by atoms with Gasteiger partial charge in [-0.25, -0.2) is 9.29 Å². The van der Waals surface area contributed by atoms with Crippen molar-refractivity contribution in [1.29, 1.82) is 0 Å². The molecule has 1 saturated heterocycles. The maximum absolute atomic E-state index is 15.5. The molecule has 0 saturated carbocycles. The first kappa shape index (κ1) is 30.6. The van der Waals surface area contributed by atoms with Gasteiger partial charge in [-0.15, -0.1) is 0 Å². The minimum atomic E-state index is -2.99. The van der Waals surface area contributed by atoms with Crippen LogP contribution < -0.4 is 10.1 Å². The normalized spacial score (nSPS) is 18.1. The van der Waals surface area contributed by atoms with E-state index in [2.05, 4.69) is 5.32 Å². The monoisotopic (exact) mass is 571 g/mol. The summed E-state index contributed by atoms with van der Waals surface area (Å²) in [5.74, 6) is -7.97. The molecule has 218 valence electrons. The molecule has 0 aliphatic carbocycles. The fraction of sp³-hybridized carbons (Fsp3) is 0.423. The van der Waals surface area contributed by atoms with Crippen LogP contribution in [-0.2, 0) is 31.5 Å². The number of nitrogens with one attached hydrogen (secondary N) is 1. The highest BCUT2D eigenvalue weighted by molar-refractivity contribution is 6.39. The second-order valence-electron chi connectivity index (χ2n) is 10.4. The number of amides is 2. The van der Waals surface area contributed by atoms with E-state index in [-0.39, 0.29) is 53.9 Å². The standard InChI is InChI=1S/C26H32B2FN3O9/c1-30-22(34)19(5-3-11-33)32-23(35)16-4-2-6-20(21(16)26(32,38)39)41-24(27,28)17-8-7-15(14-18(17)29)25(36,37)31-9-12-40-13-10-31/h2,4,6-8,11,14,19,36-39H,3,5,9-10,12-13,27-28H2,1H3,(H,30,34). The van der Waals surface area contributed by atoms with Gasteiger partial charge in [0.05, 0.1) is 29.7 Å². The van der Waals surface area contributed by atoms with Gasteiger partial charge in [0.1, 0.15) is 23.9 Å². The molecular weight excluding hydrogens is 539 g/mol. The Bertz CT molecular complexity index is 1340. The molecule has 4 rings (SSSR count). The number of aliphatic hydroxyl groups is 4. The van der Waals surface area contributed by atoms with Crippen molar-refractivity contribution < 1.29 is 48.7 Å². The van der Waals surface area contributed by atoms with Gasteiger partial charge >= 0.3 is 0 Å². The molecule has 0 bridgehead atoms. The number of carbonyl (C=O) groups excluding carboxylic acids is 3. The summed E-state index contributed by atoms with van der Waals surface area (Å²) in [6, 6.07) is 6.44. The van der Waals surface area contributed by atoms with Crippen LogP contribution in [0, 0.1) is 5.82 Å². The maximum atomic E-state index is 15.5. The van der Waals surface area contributed by atoms with Crippen molar-refractivity contribution in [3.63, 3.8) is 0 Å². The zero-order valence-electron chi connectivity index (χ0n) is 23.0. The summed E-state index contributed by atoms with van der Waals surface area (Å²) >= 11 is 0. The molecule has 2 amide bonds. The molecule has 0 aromatic heterocycles. The van der Waals surface area contributed by atoms with Gasteiger partial charge in [-0.3, -0.25) is 14.5 Å². The lowest BCUT2D eigenvalue weighted by atomic mass is 9.60. The van der Waals surface area contributed by atoms with E-state index in [0.717, 1.165) is 6.07 Å². The summed E-state index contributed by atoms with van der Waals surface area (Å²) in [6.45, 7) is 1.06. The second-order valence-corrected chi connectivity index (χ2v) is 10.4. The average molecular weight is 571 g/mol. The molecule has 2 aromatic carbocycles. The Balaban J connectivity index is 1.67. The zero-order chi connectivity index (χ0) is 30.2. The molecule has 2 heterocycles. The molecule has 2 aliphatic heterocycles. The fourth-order valence-electron chi connectivity index (χ4n) is 5.26. The number of nitrogens with zero attached hydrogens (tertiary/aromatic N) is 2. The van der Waals surface area contributed by atoms with E-state index >= 15 is 4.39 Å². The number of hydrogen-bond acceptors (Lipinski definition) is 10. The lowest BCUT2D eigenvalue weighted by molar-refractivity contribution is -0.287. The average Bonchev–Trinajstić information content (AvgIpc) is 3.14. The van der Waals surface area contributed by atoms with Crippen molar-refractivity contribution in [2.75, 3.05) is 33.4 Å². The highest BCUT2D eigenvalue weighted by Crippen LogP contribution is 2.44. The number of rotatable bonds is 10. The Labute approximate surface area is 237 Å². The van der Waals surface area contributed by atoms with Gasteiger partial charge in [0.25, 0.3) is 17.7 Å². The van der Waals surface area contributed by atoms with Crippen molar-refractivity contribution in [3.8, 4) is 5.75 Å². The Morgan fingerprint density at radius 3 is 2.54 bits per heavy atom. The molecule has 0 spiro atoms. The third-order valence-electron chi connectivity index (χ3n) is 7.39. The number of halogens is 1. The topological polar surface area (TPSA) is 169 Å². The van der Waals surface area contributed by atoms with Gasteiger partial charge in [-0.05, 0) is 24.6 Å². The lowest BCUT2D eigenvalue weighted by Gasteiger charge is -2.38. The first-order valence-electron chi connectivity index (χ1n) is 13.1. The number of likely N-dealkylation sites (N-methyl/N-ethyl adjacent to an activating group) is 1. The smallest absolute Gasteiger partial charge is 0.282 e. The molecule has 41 heavy (non-hydrogen) atoms. The van der Waals surface area contributed by atoms with Crippen LogP contribution in [-0.4, -0.2) is 103 Å². The molecule has 2 aliphatic rings. The van der Waals surface area contributed by atoms with Crippen LogP contribution in [0.25, 0.3) is 0 Å². The van der Waals surface area contributed by atoms with Crippen LogP contribution in [0.2, 0.25) is 0 Å². The summed E-state index contributed by atoms with van der Waals surface area (Å²) in [4.78, 5) is 38.8. The predicted octanol–water partition coefficient (Wildman–Crippen LogP) is -2.65. The third-order valence-corrected chi connectivity index (χ3v) is 7.39. The number of aldehydes is 1. The fourth-order valence-corrected chi connectivity index (χ4v) is 5.26. The van der Waals surface area contributed by atoms with Gasteiger partial charge < -0.3 is 40.0 Å². The number of fused-ring (bicyclic) bond motifs is 1. The molecule has 0 radical (unpaired) electrons. The molecule has 2 aromatic rings. The van der Waals surface area contributed by atoms with Gasteiger partial charge in [-0.2, -0.15) is 0 Å².